The number of fused-ring (bicyclic) bond motifs is 2. The van der Waals surface area contributed by atoms with Crippen LogP contribution in [0.25, 0.3) is 77.1 Å². The number of rotatable bonds is 10. The van der Waals surface area contributed by atoms with Crippen LogP contribution in [-0.2, 0) is 0 Å². The first-order valence-corrected chi connectivity index (χ1v) is 19.7. The minimum atomic E-state index is 0.341. The third-order valence-corrected chi connectivity index (χ3v) is 12.0. The number of thiophene rings is 2. The maximum atomic E-state index is 9.51. The summed E-state index contributed by atoms with van der Waals surface area (Å²) in [5, 5.41) is 11.5. The highest BCUT2D eigenvalue weighted by Gasteiger charge is 2.23. The maximum Gasteiger partial charge on any atom is 0.164 e. The van der Waals surface area contributed by atoms with Gasteiger partial charge in [-0.05, 0) is 47.0 Å². The predicted octanol–water partition coefficient (Wildman–Crippen LogP) is 13.4. The fourth-order valence-electron chi connectivity index (χ4n) is 6.76. The molecule has 0 aliphatic rings. The summed E-state index contributed by atoms with van der Waals surface area (Å²) in [6.45, 7) is 8.71. The number of aromatic nitrogens is 3. The topological polar surface area (TPSA) is 74.9 Å². The van der Waals surface area contributed by atoms with E-state index in [0.717, 1.165) is 74.6 Å². The number of aliphatic imine (C=N–C) groups is 1. The van der Waals surface area contributed by atoms with E-state index >= 15 is 0 Å². The summed E-state index contributed by atoms with van der Waals surface area (Å²) < 4.78 is 2.13. The van der Waals surface area contributed by atoms with Crippen molar-refractivity contribution in [2.45, 2.75) is 0 Å². The normalized spacial score (nSPS) is 11.4. The molecular weight excluding hydrogens is 723 g/mol. The molecule has 1 N–H and O–H groups in total. The Hall–Kier alpha value is -6.93. The summed E-state index contributed by atoms with van der Waals surface area (Å²) in [4.78, 5) is 21.7. The van der Waals surface area contributed by atoms with Gasteiger partial charge in [0, 0.05) is 59.1 Å². The van der Waals surface area contributed by atoms with Crippen molar-refractivity contribution in [2.75, 3.05) is 0 Å². The van der Waals surface area contributed by atoms with E-state index in [-0.39, 0.29) is 0 Å². The van der Waals surface area contributed by atoms with Gasteiger partial charge in [-0.2, -0.15) is 0 Å². The van der Waals surface area contributed by atoms with Gasteiger partial charge in [0.2, 0.25) is 0 Å². The average molecular weight is 756 g/mol. The summed E-state index contributed by atoms with van der Waals surface area (Å²) in [7, 11) is 0. The molecule has 3 aromatic heterocycles. The quantitative estimate of drug-likeness (QED) is 0.141. The Balaban J connectivity index is 1.12. The molecule has 9 rings (SSSR count). The molecule has 0 bridgehead atoms. The Morgan fingerprint density at radius 2 is 1.09 bits per heavy atom. The van der Waals surface area contributed by atoms with Crippen LogP contribution in [0.5, 0.6) is 0 Å². The SMILES string of the molecule is C=Cc1c(C(=C)C(=N)c2sc3ccccc3c2N=Cc2ccccc2)sc2ccc(-c3nc(-c4ccccc4)nc(-c4cccc(-c5ccccc5)c4)n3)cc12. The molecule has 3 heterocycles. The van der Waals surface area contributed by atoms with Gasteiger partial charge in [-0.1, -0.05) is 147 Å². The van der Waals surface area contributed by atoms with Crippen molar-refractivity contribution in [1.82, 2.24) is 15.0 Å². The largest absolute Gasteiger partial charge is 0.299 e. The number of benzene rings is 6. The Kier molecular flexibility index (Phi) is 9.37. The van der Waals surface area contributed by atoms with Gasteiger partial charge < -0.3 is 0 Å². The number of nitrogens with zero attached hydrogens (tertiary/aromatic N) is 4. The maximum absolute atomic E-state index is 9.51. The van der Waals surface area contributed by atoms with E-state index in [9.17, 15) is 5.41 Å². The molecule has 0 amide bonds. The molecule has 0 aliphatic carbocycles. The van der Waals surface area contributed by atoms with E-state index < -0.39 is 0 Å². The summed E-state index contributed by atoms with van der Waals surface area (Å²) in [5.41, 5.74) is 8.54. The van der Waals surface area contributed by atoms with Gasteiger partial charge in [-0.3, -0.25) is 10.4 Å². The van der Waals surface area contributed by atoms with Gasteiger partial charge in [-0.15, -0.1) is 22.7 Å². The monoisotopic (exact) mass is 755 g/mol. The average Bonchev–Trinajstić information content (AvgIpc) is 3.84. The first-order chi connectivity index (χ1) is 27.5. The van der Waals surface area contributed by atoms with Crippen molar-refractivity contribution in [3.05, 3.63) is 192 Å². The zero-order valence-corrected chi connectivity index (χ0v) is 31.8. The van der Waals surface area contributed by atoms with Crippen LogP contribution in [0.4, 0.5) is 5.69 Å². The molecule has 0 saturated heterocycles. The van der Waals surface area contributed by atoms with E-state index in [0.29, 0.717) is 28.8 Å². The first kappa shape index (κ1) is 34.8. The van der Waals surface area contributed by atoms with E-state index in [1.54, 1.807) is 22.7 Å². The molecule has 0 fully saturated rings. The number of nitrogens with one attached hydrogen (secondary N) is 1. The van der Waals surface area contributed by atoms with Crippen molar-refractivity contribution in [2.24, 2.45) is 4.99 Å². The van der Waals surface area contributed by atoms with Crippen LogP contribution in [0.3, 0.4) is 0 Å². The lowest BCUT2D eigenvalue weighted by Gasteiger charge is -2.10. The molecule has 56 heavy (non-hydrogen) atoms. The van der Waals surface area contributed by atoms with Gasteiger partial charge in [0.1, 0.15) is 0 Å². The van der Waals surface area contributed by atoms with E-state index in [1.165, 1.54) is 0 Å². The highest BCUT2D eigenvalue weighted by molar-refractivity contribution is 7.23. The van der Waals surface area contributed by atoms with Crippen molar-refractivity contribution in [3.8, 4) is 45.3 Å². The fourth-order valence-corrected chi connectivity index (χ4v) is 9.05. The second kappa shape index (κ2) is 15.1. The van der Waals surface area contributed by atoms with E-state index in [1.807, 2.05) is 115 Å². The molecule has 0 radical (unpaired) electrons. The first-order valence-electron chi connectivity index (χ1n) is 18.1. The summed E-state index contributed by atoms with van der Waals surface area (Å²) >= 11 is 3.17. The molecule has 0 atom stereocenters. The van der Waals surface area contributed by atoms with Crippen molar-refractivity contribution in [1.29, 1.82) is 5.41 Å². The van der Waals surface area contributed by atoms with Crippen LogP contribution < -0.4 is 0 Å². The second-order valence-corrected chi connectivity index (χ2v) is 15.3. The Labute approximate surface area is 332 Å². The van der Waals surface area contributed by atoms with E-state index in [4.69, 9.17) is 19.9 Å². The molecule has 9 aromatic rings. The van der Waals surface area contributed by atoms with E-state index in [2.05, 4.69) is 67.8 Å². The second-order valence-electron chi connectivity index (χ2n) is 13.2. The third-order valence-electron chi connectivity index (χ3n) is 9.60. The van der Waals surface area contributed by atoms with Crippen LogP contribution in [-0.4, -0.2) is 26.9 Å². The third kappa shape index (κ3) is 6.70. The Bertz CT molecular complexity index is 2960. The van der Waals surface area contributed by atoms with Gasteiger partial charge in [0.15, 0.2) is 17.5 Å². The number of hydrogen-bond donors (Lipinski definition) is 1. The van der Waals surface area contributed by atoms with Crippen molar-refractivity contribution < 1.29 is 0 Å². The minimum absolute atomic E-state index is 0.341. The van der Waals surface area contributed by atoms with Gasteiger partial charge >= 0.3 is 0 Å². The van der Waals surface area contributed by atoms with Crippen LogP contribution in [0.15, 0.2) is 176 Å². The van der Waals surface area contributed by atoms with Crippen LogP contribution in [0.1, 0.15) is 20.9 Å². The lowest BCUT2D eigenvalue weighted by atomic mass is 10.0. The molecule has 266 valence electrons. The van der Waals surface area contributed by atoms with Gasteiger partial charge in [0.25, 0.3) is 0 Å². The van der Waals surface area contributed by atoms with Crippen LogP contribution >= 0.6 is 22.7 Å². The van der Waals surface area contributed by atoms with Crippen molar-refractivity contribution >= 4 is 72.1 Å². The van der Waals surface area contributed by atoms with Gasteiger partial charge in [0.05, 0.1) is 16.3 Å². The molecule has 0 aliphatic heterocycles. The zero-order chi connectivity index (χ0) is 38.0. The fraction of sp³-hybridized carbons (Fsp3) is 0. The van der Waals surface area contributed by atoms with Gasteiger partial charge in [-0.25, -0.2) is 15.0 Å². The predicted molar refractivity (Wildman–Crippen MR) is 238 cm³/mol. The van der Waals surface area contributed by atoms with Crippen LogP contribution in [0, 0.1) is 5.41 Å². The highest BCUT2D eigenvalue weighted by atomic mass is 32.1. The molecule has 6 aromatic carbocycles. The number of allylic oxidation sites excluding steroid dienone is 1. The molecule has 0 spiro atoms. The summed E-state index contributed by atoms with van der Waals surface area (Å²) in [6.07, 6.45) is 3.72. The summed E-state index contributed by atoms with van der Waals surface area (Å²) in [5.74, 6) is 1.76. The Morgan fingerprint density at radius 3 is 1.80 bits per heavy atom. The lowest BCUT2D eigenvalue weighted by molar-refractivity contribution is 1.07. The molecule has 0 saturated carbocycles. The standard InChI is InChI=1S/C49H33N5S2/c1-3-38-40-29-37(49-53-47(34-20-11-6-12-21-34)52-48(54-49)36-23-15-22-35(28-36)33-18-9-5-10-19-33)26-27-42(40)55-45(38)31(2)43(50)46-44(39-24-13-14-25-41(39)56-46)51-30-32-16-7-4-8-17-32/h3-30,50H,1-2H2. The molecular formula is C49H33N5S2. The highest BCUT2D eigenvalue weighted by Crippen LogP contribution is 2.43. The zero-order valence-electron chi connectivity index (χ0n) is 30.2. The molecule has 5 nitrogen and oxygen atoms in total. The smallest absolute Gasteiger partial charge is 0.164 e. The van der Waals surface area contributed by atoms with Crippen LogP contribution in [0.2, 0.25) is 0 Å². The minimum Gasteiger partial charge on any atom is -0.299 e. The summed E-state index contributed by atoms with van der Waals surface area (Å²) in [6, 6.07) is 53.1. The Morgan fingerprint density at radius 1 is 0.536 bits per heavy atom. The van der Waals surface area contributed by atoms with Crippen molar-refractivity contribution in [3.63, 3.8) is 0 Å². The molecule has 0 unspecified atom stereocenters. The lowest BCUT2D eigenvalue weighted by Crippen LogP contribution is -2.00. The number of hydrogen-bond acceptors (Lipinski definition) is 7. The molecule has 7 heteroatoms.